The van der Waals surface area contributed by atoms with E-state index in [0.717, 1.165) is 23.9 Å². The maximum Gasteiger partial charge on any atom is 0.475 e. The van der Waals surface area contributed by atoms with Crippen LogP contribution < -0.4 is 25.0 Å². The van der Waals surface area contributed by atoms with E-state index in [1.807, 2.05) is 59.7 Å². The topological polar surface area (TPSA) is 146 Å². The summed E-state index contributed by atoms with van der Waals surface area (Å²) in [4.78, 5) is 28.2. The van der Waals surface area contributed by atoms with Crippen molar-refractivity contribution in [2.75, 3.05) is 48.9 Å². The van der Waals surface area contributed by atoms with Crippen molar-refractivity contribution in [2.45, 2.75) is 77.9 Å². The number of aromatic nitrogens is 3. The van der Waals surface area contributed by atoms with E-state index in [2.05, 4.69) is 48.7 Å². The standard InChI is InChI=1S/C43H52ClN6O7P/c1-42(2,3)56-58(52,57-43(4,5)6)55-23-21-50(36-15-9-8-14-33(36)29-16-17-29)20-11-22-54-38-26-35-34(25-37(38)53-7)40(47-28-46-35)48-32-18-19-39(45-27-32)49-41(51)30-12-10-13-31(44)24-30/h8-10,12-15,18-19,24-29H,11,16-17,20-23H2,1-7H3,(H,45,49,51)(H,46,47,48). The van der Waals surface area contributed by atoms with Crippen molar-refractivity contribution in [3.63, 3.8) is 0 Å². The highest BCUT2D eigenvalue weighted by molar-refractivity contribution is 7.48. The first kappa shape index (κ1) is 42.8. The molecule has 0 bridgehead atoms. The Hall–Kier alpha value is -4.78. The molecular weight excluding hydrogens is 779 g/mol. The number of nitrogens with one attached hydrogen (secondary N) is 2. The van der Waals surface area contributed by atoms with Gasteiger partial charge in [-0.1, -0.05) is 35.9 Å². The van der Waals surface area contributed by atoms with Gasteiger partial charge in [0.2, 0.25) is 0 Å². The molecule has 58 heavy (non-hydrogen) atoms. The molecule has 6 rings (SSSR count). The van der Waals surface area contributed by atoms with Gasteiger partial charge in [-0.15, -0.1) is 0 Å². The number of rotatable bonds is 18. The molecule has 13 nitrogen and oxygen atoms in total. The third kappa shape index (κ3) is 12.1. The van der Waals surface area contributed by atoms with Crippen molar-refractivity contribution >= 4 is 59.2 Å². The molecule has 0 spiro atoms. The number of amides is 1. The van der Waals surface area contributed by atoms with Crippen LogP contribution in [0.3, 0.4) is 0 Å². The van der Waals surface area contributed by atoms with Gasteiger partial charge in [0.15, 0.2) is 11.5 Å². The summed E-state index contributed by atoms with van der Waals surface area (Å²) >= 11 is 6.03. The summed E-state index contributed by atoms with van der Waals surface area (Å²) in [5.74, 6) is 2.23. The Bertz CT molecular complexity index is 2220. The largest absolute Gasteiger partial charge is 0.493 e. The van der Waals surface area contributed by atoms with Gasteiger partial charge in [0.25, 0.3) is 5.91 Å². The lowest BCUT2D eigenvalue weighted by molar-refractivity contribution is 0.00417. The van der Waals surface area contributed by atoms with Crippen LogP contribution in [0.4, 0.5) is 23.0 Å². The molecule has 3 aromatic carbocycles. The van der Waals surface area contributed by atoms with Crippen molar-refractivity contribution in [1.82, 2.24) is 15.0 Å². The monoisotopic (exact) mass is 830 g/mol. The van der Waals surface area contributed by atoms with E-state index in [9.17, 15) is 9.36 Å². The average molecular weight is 831 g/mol. The molecule has 0 atom stereocenters. The van der Waals surface area contributed by atoms with Crippen LogP contribution in [0.25, 0.3) is 10.9 Å². The first-order chi connectivity index (χ1) is 27.6. The number of hydrogen-bond donors (Lipinski definition) is 2. The third-order valence-electron chi connectivity index (χ3n) is 8.78. The van der Waals surface area contributed by atoms with Gasteiger partial charge in [-0.05, 0) is 115 Å². The van der Waals surface area contributed by atoms with Crippen LogP contribution in [0, 0.1) is 0 Å². The molecule has 15 heteroatoms. The summed E-state index contributed by atoms with van der Waals surface area (Å²) in [6.45, 7) is 12.6. The molecule has 1 fully saturated rings. The van der Waals surface area contributed by atoms with Gasteiger partial charge in [0, 0.05) is 40.8 Å². The smallest absolute Gasteiger partial charge is 0.475 e. The summed E-state index contributed by atoms with van der Waals surface area (Å²) in [7, 11) is -2.28. The molecule has 2 heterocycles. The van der Waals surface area contributed by atoms with E-state index in [-0.39, 0.29) is 12.5 Å². The van der Waals surface area contributed by atoms with Crippen LogP contribution in [0.1, 0.15) is 82.6 Å². The molecular formula is C43H52ClN6O7P. The number of nitrogens with zero attached hydrogens (tertiary/aromatic N) is 4. The lowest BCUT2D eigenvalue weighted by Crippen LogP contribution is -2.31. The zero-order chi connectivity index (χ0) is 41.5. The molecule has 5 aromatic rings. The van der Waals surface area contributed by atoms with Crippen LogP contribution in [0.15, 0.2) is 85.3 Å². The highest BCUT2D eigenvalue weighted by Crippen LogP contribution is 2.55. The Kier molecular flexibility index (Phi) is 13.6. The number of pyridine rings is 1. The Morgan fingerprint density at radius 2 is 1.64 bits per heavy atom. The molecule has 1 saturated carbocycles. The molecule has 1 aliphatic carbocycles. The maximum atomic E-state index is 13.8. The molecule has 0 saturated heterocycles. The SMILES string of the molecule is COc1cc2c(Nc3ccc(NC(=O)c4cccc(Cl)c4)nc3)ncnc2cc1OCCCN(CCOP(=O)(OC(C)(C)C)OC(C)(C)C)c1ccccc1C1CC1. The number of hydrogen-bond acceptors (Lipinski definition) is 12. The van der Waals surface area contributed by atoms with Crippen molar-refractivity contribution in [2.24, 2.45) is 0 Å². The maximum absolute atomic E-state index is 13.8. The zero-order valence-corrected chi connectivity index (χ0v) is 35.7. The van der Waals surface area contributed by atoms with Crippen LogP contribution in [0.5, 0.6) is 11.5 Å². The molecule has 2 aromatic heterocycles. The minimum Gasteiger partial charge on any atom is -0.493 e. The zero-order valence-electron chi connectivity index (χ0n) is 34.1. The third-order valence-corrected chi connectivity index (χ3v) is 11.1. The van der Waals surface area contributed by atoms with E-state index >= 15 is 0 Å². The summed E-state index contributed by atoms with van der Waals surface area (Å²) in [6, 6.07) is 22.3. The molecule has 1 amide bonds. The van der Waals surface area contributed by atoms with Crippen LogP contribution in [-0.2, 0) is 18.1 Å². The van der Waals surface area contributed by atoms with Crippen LogP contribution in [-0.4, -0.2) is 65.5 Å². The highest BCUT2D eigenvalue weighted by atomic mass is 35.5. The Balaban J connectivity index is 1.11. The van der Waals surface area contributed by atoms with Crippen molar-refractivity contribution < 1.29 is 32.4 Å². The second-order valence-electron chi connectivity index (χ2n) is 16.0. The average Bonchev–Trinajstić information content (AvgIpc) is 4.01. The summed E-state index contributed by atoms with van der Waals surface area (Å²) in [5, 5.41) is 7.27. The minimum absolute atomic E-state index is 0.138. The summed E-state index contributed by atoms with van der Waals surface area (Å²) in [6.07, 6.45) is 6.08. The quantitative estimate of drug-likeness (QED) is 0.0640. The second-order valence-corrected chi connectivity index (χ2v) is 17.9. The van der Waals surface area contributed by atoms with Gasteiger partial charge in [-0.25, -0.2) is 19.5 Å². The van der Waals surface area contributed by atoms with E-state index in [1.54, 1.807) is 49.7 Å². The van der Waals surface area contributed by atoms with E-state index in [0.29, 0.717) is 77.0 Å². The Labute approximate surface area is 345 Å². The number of carbonyl (C=O) groups excluding carboxylic acids is 1. The van der Waals surface area contributed by atoms with Gasteiger partial charge in [-0.2, -0.15) is 0 Å². The number of phosphoric acid groups is 1. The summed E-state index contributed by atoms with van der Waals surface area (Å²) < 4.78 is 43.5. The number of carbonyl (C=O) groups is 1. The van der Waals surface area contributed by atoms with Crippen LogP contribution >= 0.6 is 19.4 Å². The fourth-order valence-electron chi connectivity index (χ4n) is 6.24. The first-order valence-corrected chi connectivity index (χ1v) is 21.2. The lowest BCUT2D eigenvalue weighted by Gasteiger charge is -2.32. The van der Waals surface area contributed by atoms with Crippen molar-refractivity contribution in [3.05, 3.63) is 101 Å². The number of ether oxygens (including phenoxy) is 2. The molecule has 0 unspecified atom stereocenters. The van der Waals surface area contributed by atoms with E-state index in [1.165, 1.54) is 11.9 Å². The normalized spacial score (nSPS) is 13.3. The molecule has 308 valence electrons. The van der Waals surface area contributed by atoms with Gasteiger partial charge in [-0.3, -0.25) is 18.4 Å². The first-order valence-electron chi connectivity index (χ1n) is 19.3. The fourth-order valence-corrected chi connectivity index (χ4v) is 8.22. The number of halogens is 1. The molecule has 0 radical (unpaired) electrons. The summed E-state index contributed by atoms with van der Waals surface area (Å²) in [5.41, 5.74) is 2.72. The van der Waals surface area contributed by atoms with Crippen LogP contribution in [0.2, 0.25) is 5.02 Å². The number of para-hydroxylation sites is 1. The molecule has 0 aliphatic heterocycles. The van der Waals surface area contributed by atoms with Crippen molar-refractivity contribution in [1.29, 1.82) is 0 Å². The molecule has 2 N–H and O–H groups in total. The number of anilines is 4. The highest BCUT2D eigenvalue weighted by Gasteiger charge is 2.37. The van der Waals surface area contributed by atoms with Gasteiger partial charge >= 0.3 is 7.82 Å². The number of phosphoric ester groups is 1. The van der Waals surface area contributed by atoms with Gasteiger partial charge < -0.3 is 25.0 Å². The van der Waals surface area contributed by atoms with E-state index in [4.69, 9.17) is 34.6 Å². The van der Waals surface area contributed by atoms with Crippen molar-refractivity contribution in [3.8, 4) is 11.5 Å². The second kappa shape index (κ2) is 18.4. The predicted molar refractivity (Wildman–Crippen MR) is 229 cm³/mol. The number of benzene rings is 3. The van der Waals surface area contributed by atoms with Gasteiger partial charge in [0.05, 0.1) is 48.9 Å². The predicted octanol–water partition coefficient (Wildman–Crippen LogP) is 10.6. The Morgan fingerprint density at radius 1 is 0.879 bits per heavy atom. The molecule has 1 aliphatic rings. The lowest BCUT2D eigenvalue weighted by atomic mass is 10.1. The number of methoxy groups -OCH3 is 1. The minimum atomic E-state index is -3.87. The van der Waals surface area contributed by atoms with Gasteiger partial charge in [0.1, 0.15) is 18.0 Å². The van der Waals surface area contributed by atoms with E-state index < -0.39 is 19.0 Å². The fraction of sp³-hybridized carbons (Fsp3) is 0.395. The Morgan fingerprint density at radius 3 is 2.31 bits per heavy atom. The number of fused-ring (bicyclic) bond motifs is 1.